The molecule has 0 aromatic carbocycles. The van der Waals surface area contributed by atoms with Gasteiger partial charge in [0.1, 0.15) is 5.78 Å². The predicted molar refractivity (Wildman–Crippen MR) is 84.1 cm³/mol. The Kier molecular flexibility index (Phi) is 3.30. The molecule has 0 aromatic heterocycles. The number of carbonyl (C=O) groups excluding carboxylic acids is 1. The van der Waals surface area contributed by atoms with Gasteiger partial charge in [0, 0.05) is 12.3 Å². The van der Waals surface area contributed by atoms with Gasteiger partial charge in [-0.1, -0.05) is 13.8 Å². The second-order valence-corrected chi connectivity index (χ2v) is 9.28. The van der Waals surface area contributed by atoms with Crippen LogP contribution in [-0.4, -0.2) is 28.2 Å². The molecule has 22 heavy (non-hydrogen) atoms. The third kappa shape index (κ3) is 1.91. The summed E-state index contributed by atoms with van der Waals surface area (Å²) in [6, 6.07) is 0. The number of carbonyl (C=O) groups is 1. The summed E-state index contributed by atoms with van der Waals surface area (Å²) in [4.78, 5) is 13.1. The molecule has 3 heteroatoms. The van der Waals surface area contributed by atoms with E-state index in [1.54, 1.807) is 0 Å². The summed E-state index contributed by atoms with van der Waals surface area (Å²) in [5.74, 6) is 1.77. The van der Waals surface area contributed by atoms with E-state index in [1.807, 2.05) is 0 Å². The molecule has 0 spiro atoms. The van der Waals surface area contributed by atoms with Gasteiger partial charge in [0.15, 0.2) is 0 Å². The van der Waals surface area contributed by atoms with Gasteiger partial charge in [0.2, 0.25) is 0 Å². The molecule has 0 heterocycles. The Morgan fingerprint density at radius 2 is 1.82 bits per heavy atom. The van der Waals surface area contributed by atoms with E-state index in [2.05, 4.69) is 13.8 Å². The van der Waals surface area contributed by atoms with Gasteiger partial charge >= 0.3 is 0 Å². The Hall–Kier alpha value is -0.410. The molecule has 4 saturated carbocycles. The smallest absolute Gasteiger partial charge is 0.137 e. The van der Waals surface area contributed by atoms with Crippen molar-refractivity contribution in [1.82, 2.24) is 0 Å². The summed E-state index contributed by atoms with van der Waals surface area (Å²) in [5.41, 5.74) is 0.0952. The lowest BCUT2D eigenvalue weighted by atomic mass is 9.44. The van der Waals surface area contributed by atoms with Crippen molar-refractivity contribution >= 4 is 5.78 Å². The third-order valence-electron chi connectivity index (χ3n) is 8.11. The lowest BCUT2D eigenvalue weighted by Gasteiger charge is -2.59. The minimum absolute atomic E-state index is 0.0368. The van der Waals surface area contributed by atoms with Crippen molar-refractivity contribution in [2.45, 2.75) is 77.4 Å². The molecule has 0 aliphatic heterocycles. The van der Waals surface area contributed by atoms with E-state index in [-0.39, 0.29) is 29.0 Å². The maximum atomic E-state index is 13.1. The Morgan fingerprint density at radius 1 is 1.05 bits per heavy atom. The highest BCUT2D eigenvalue weighted by molar-refractivity contribution is 5.84. The molecule has 0 radical (unpaired) electrons. The van der Waals surface area contributed by atoms with E-state index >= 15 is 0 Å². The van der Waals surface area contributed by atoms with Crippen molar-refractivity contribution in [3.8, 4) is 0 Å². The lowest BCUT2D eigenvalue weighted by molar-refractivity contribution is -0.164. The Balaban J connectivity index is 1.71. The minimum Gasteiger partial charge on any atom is -0.393 e. The molecule has 8 atom stereocenters. The number of fused-ring (bicyclic) bond motifs is 5. The first-order valence-electron chi connectivity index (χ1n) is 9.24. The van der Waals surface area contributed by atoms with E-state index in [0.29, 0.717) is 30.0 Å². The summed E-state index contributed by atoms with van der Waals surface area (Å²) in [6.45, 7) is 4.54. The largest absolute Gasteiger partial charge is 0.393 e. The molecule has 0 saturated heterocycles. The molecular formula is C19H30O3. The van der Waals surface area contributed by atoms with E-state index in [4.69, 9.17) is 0 Å². The van der Waals surface area contributed by atoms with Gasteiger partial charge in [-0.25, -0.2) is 0 Å². The van der Waals surface area contributed by atoms with Gasteiger partial charge in [-0.2, -0.15) is 0 Å². The van der Waals surface area contributed by atoms with Crippen LogP contribution < -0.4 is 0 Å². The molecule has 4 rings (SSSR count). The van der Waals surface area contributed by atoms with Crippen LogP contribution in [0.25, 0.3) is 0 Å². The molecule has 8 unspecified atom stereocenters. The van der Waals surface area contributed by atoms with E-state index in [0.717, 1.165) is 44.9 Å². The van der Waals surface area contributed by atoms with E-state index < -0.39 is 0 Å². The highest BCUT2D eigenvalue weighted by Crippen LogP contribution is 2.65. The van der Waals surface area contributed by atoms with Crippen LogP contribution in [0.2, 0.25) is 0 Å². The topological polar surface area (TPSA) is 57.5 Å². The summed E-state index contributed by atoms with van der Waals surface area (Å²) in [7, 11) is 0. The average Bonchev–Trinajstić information content (AvgIpc) is 2.74. The van der Waals surface area contributed by atoms with Crippen molar-refractivity contribution in [2.24, 2.45) is 34.5 Å². The second-order valence-electron chi connectivity index (χ2n) is 9.28. The van der Waals surface area contributed by atoms with Gasteiger partial charge < -0.3 is 10.2 Å². The normalized spacial score (nSPS) is 57.9. The van der Waals surface area contributed by atoms with Gasteiger partial charge in [-0.15, -0.1) is 0 Å². The number of rotatable bonds is 0. The standard InChI is InChI=1S/C19H30O3/c1-18-7-6-14(21)16(18)13-4-3-11-9-12(20)5-8-19(11,2)17(13)15(22)10-18/h11-14,16-17,20-21H,3-10H2,1-2H3. The van der Waals surface area contributed by atoms with Crippen molar-refractivity contribution in [2.75, 3.05) is 0 Å². The van der Waals surface area contributed by atoms with Crippen LogP contribution >= 0.6 is 0 Å². The van der Waals surface area contributed by atoms with E-state index in [9.17, 15) is 15.0 Å². The summed E-state index contributed by atoms with van der Waals surface area (Å²) in [5, 5.41) is 20.6. The number of hydrogen-bond donors (Lipinski definition) is 2. The summed E-state index contributed by atoms with van der Waals surface area (Å²) in [6.07, 6.45) is 7.05. The molecule has 0 aromatic rings. The van der Waals surface area contributed by atoms with Crippen LogP contribution in [0, 0.1) is 34.5 Å². The number of ketones is 1. The maximum Gasteiger partial charge on any atom is 0.137 e. The van der Waals surface area contributed by atoms with Gasteiger partial charge in [0.25, 0.3) is 0 Å². The predicted octanol–water partition coefficient (Wildman–Crippen LogP) is 2.93. The zero-order valence-corrected chi connectivity index (χ0v) is 13.9. The fourth-order valence-electron chi connectivity index (χ4n) is 7.10. The first-order valence-corrected chi connectivity index (χ1v) is 9.24. The number of aliphatic hydroxyl groups is 2. The van der Waals surface area contributed by atoms with Gasteiger partial charge in [-0.3, -0.25) is 4.79 Å². The first kappa shape index (κ1) is 15.1. The molecule has 124 valence electrons. The van der Waals surface area contributed by atoms with Crippen LogP contribution in [-0.2, 0) is 4.79 Å². The number of hydrogen-bond acceptors (Lipinski definition) is 3. The highest BCUT2D eigenvalue weighted by Gasteiger charge is 2.62. The van der Waals surface area contributed by atoms with Crippen molar-refractivity contribution < 1.29 is 15.0 Å². The molecule has 4 fully saturated rings. The minimum atomic E-state index is -0.208. The molecule has 4 aliphatic carbocycles. The second kappa shape index (κ2) is 4.80. The van der Waals surface area contributed by atoms with Crippen LogP contribution in [0.1, 0.15) is 65.2 Å². The van der Waals surface area contributed by atoms with Crippen molar-refractivity contribution in [1.29, 1.82) is 0 Å². The molecule has 0 bridgehead atoms. The zero-order chi connectivity index (χ0) is 15.7. The molecule has 4 aliphatic rings. The Bertz CT molecular complexity index is 489. The number of Topliss-reactive ketones (excluding diaryl/α,β-unsaturated/α-hetero) is 1. The lowest BCUT2D eigenvalue weighted by Crippen LogP contribution is -2.58. The third-order valence-corrected chi connectivity index (χ3v) is 8.11. The summed E-state index contributed by atoms with van der Waals surface area (Å²) >= 11 is 0. The monoisotopic (exact) mass is 306 g/mol. The molecular weight excluding hydrogens is 276 g/mol. The van der Waals surface area contributed by atoms with E-state index in [1.165, 1.54) is 0 Å². The van der Waals surface area contributed by atoms with Crippen molar-refractivity contribution in [3.05, 3.63) is 0 Å². The molecule has 3 nitrogen and oxygen atoms in total. The zero-order valence-electron chi connectivity index (χ0n) is 13.9. The quantitative estimate of drug-likeness (QED) is 0.723. The molecule has 2 N–H and O–H groups in total. The Labute approximate surface area is 133 Å². The maximum absolute atomic E-state index is 13.1. The fourth-order valence-corrected chi connectivity index (χ4v) is 7.10. The van der Waals surface area contributed by atoms with Crippen molar-refractivity contribution in [3.63, 3.8) is 0 Å². The Morgan fingerprint density at radius 3 is 2.59 bits per heavy atom. The highest BCUT2D eigenvalue weighted by atomic mass is 16.3. The van der Waals surface area contributed by atoms with Crippen LogP contribution in [0.15, 0.2) is 0 Å². The first-order chi connectivity index (χ1) is 10.3. The van der Waals surface area contributed by atoms with Gasteiger partial charge in [0.05, 0.1) is 12.2 Å². The fraction of sp³-hybridized carbons (Fsp3) is 0.947. The summed E-state index contributed by atoms with van der Waals surface area (Å²) < 4.78 is 0. The SMILES string of the molecule is CC12CCC(O)C1C1CCC3CC(O)CCC3(C)C1C(=O)C2. The average molecular weight is 306 g/mol. The van der Waals surface area contributed by atoms with Crippen LogP contribution in [0.4, 0.5) is 0 Å². The number of aliphatic hydroxyl groups excluding tert-OH is 2. The molecule has 0 amide bonds. The van der Waals surface area contributed by atoms with Gasteiger partial charge in [-0.05, 0) is 73.5 Å². The van der Waals surface area contributed by atoms with Crippen LogP contribution in [0.5, 0.6) is 0 Å². The van der Waals surface area contributed by atoms with Crippen LogP contribution in [0.3, 0.4) is 0 Å².